The Morgan fingerprint density at radius 3 is 2.32 bits per heavy atom. The third kappa shape index (κ3) is 3.86. The van der Waals surface area contributed by atoms with E-state index in [1.165, 1.54) is 18.2 Å². The van der Waals surface area contributed by atoms with Crippen LogP contribution in [0.3, 0.4) is 0 Å². The second-order valence-corrected chi connectivity index (χ2v) is 5.71. The smallest absolute Gasteiger partial charge is 0.326 e. The first-order valence-corrected chi connectivity index (χ1v) is 6.03. The highest BCUT2D eigenvalue weighted by Gasteiger charge is 2.33. The highest BCUT2D eigenvalue weighted by Crippen LogP contribution is 2.24. The summed E-state index contributed by atoms with van der Waals surface area (Å²) in [6.45, 7) is 5.11. The zero-order valence-corrected chi connectivity index (χ0v) is 11.7. The summed E-state index contributed by atoms with van der Waals surface area (Å²) in [7, 11) is 0. The van der Waals surface area contributed by atoms with E-state index in [-0.39, 0.29) is 11.3 Å². The number of carbonyl (C=O) groups excluding carboxylic acids is 1. The minimum absolute atomic E-state index is 0.0140. The van der Waals surface area contributed by atoms with Gasteiger partial charge in [0.05, 0.1) is 5.56 Å². The first-order chi connectivity index (χ1) is 8.62. The lowest BCUT2D eigenvalue weighted by Crippen LogP contribution is -2.49. The number of phenolic OH excluding ortho intramolecular Hbond substituents is 1. The van der Waals surface area contributed by atoms with Crippen LogP contribution < -0.4 is 5.32 Å². The molecule has 0 heterocycles. The number of phenols is 1. The molecule has 0 unspecified atom stereocenters. The summed E-state index contributed by atoms with van der Waals surface area (Å²) < 4.78 is 0. The van der Waals surface area contributed by atoms with Crippen LogP contribution in [0.25, 0.3) is 0 Å². The van der Waals surface area contributed by atoms with E-state index in [1.54, 1.807) is 20.8 Å². The molecule has 0 fully saturated rings. The lowest BCUT2D eigenvalue weighted by Gasteiger charge is -2.27. The molecular weight excluding hydrogens is 270 g/mol. The van der Waals surface area contributed by atoms with Crippen molar-refractivity contribution in [2.24, 2.45) is 5.41 Å². The number of hydrogen-bond acceptors (Lipinski definition) is 3. The third-order valence-electron chi connectivity index (χ3n) is 2.59. The van der Waals surface area contributed by atoms with Crippen molar-refractivity contribution in [2.45, 2.75) is 26.8 Å². The molecule has 6 heteroatoms. The number of amides is 1. The van der Waals surface area contributed by atoms with Gasteiger partial charge in [-0.15, -0.1) is 0 Å². The summed E-state index contributed by atoms with van der Waals surface area (Å²) in [6.07, 6.45) is 0. The van der Waals surface area contributed by atoms with Crippen LogP contribution in [0, 0.1) is 5.41 Å². The Morgan fingerprint density at radius 1 is 1.32 bits per heavy atom. The fourth-order valence-electron chi connectivity index (χ4n) is 1.55. The van der Waals surface area contributed by atoms with E-state index in [0.29, 0.717) is 5.02 Å². The van der Waals surface area contributed by atoms with Crippen LogP contribution in [0.1, 0.15) is 31.1 Å². The molecule has 1 atom stereocenters. The molecule has 1 amide bonds. The molecule has 0 radical (unpaired) electrons. The molecule has 0 bridgehead atoms. The van der Waals surface area contributed by atoms with E-state index in [2.05, 4.69) is 5.32 Å². The van der Waals surface area contributed by atoms with Gasteiger partial charge in [0.15, 0.2) is 0 Å². The molecule has 1 aromatic rings. The van der Waals surface area contributed by atoms with Gasteiger partial charge in [0, 0.05) is 5.02 Å². The van der Waals surface area contributed by atoms with Crippen molar-refractivity contribution in [3.63, 3.8) is 0 Å². The standard InChI is InChI=1S/C13H16ClNO4/c1-13(2,3)10(12(18)19)15-11(17)8-5-4-7(14)6-9(8)16/h4-6,10,16H,1-3H3,(H,15,17)(H,18,19)/t10-/m1/s1. The predicted molar refractivity (Wildman–Crippen MR) is 71.5 cm³/mol. The highest BCUT2D eigenvalue weighted by molar-refractivity contribution is 6.30. The molecule has 19 heavy (non-hydrogen) atoms. The monoisotopic (exact) mass is 285 g/mol. The molecule has 0 aliphatic rings. The summed E-state index contributed by atoms with van der Waals surface area (Å²) in [5.41, 5.74) is -0.663. The normalized spacial score (nSPS) is 12.8. The van der Waals surface area contributed by atoms with Crippen molar-refractivity contribution >= 4 is 23.5 Å². The maximum Gasteiger partial charge on any atom is 0.326 e. The molecule has 104 valence electrons. The molecule has 5 nitrogen and oxygen atoms in total. The van der Waals surface area contributed by atoms with E-state index in [0.717, 1.165) is 0 Å². The Balaban J connectivity index is 2.98. The average Bonchev–Trinajstić information content (AvgIpc) is 2.23. The van der Waals surface area contributed by atoms with Gasteiger partial charge in [0.25, 0.3) is 5.91 Å². The van der Waals surface area contributed by atoms with Crippen molar-refractivity contribution in [2.75, 3.05) is 0 Å². The molecule has 1 rings (SSSR count). The second kappa shape index (κ2) is 5.48. The van der Waals surface area contributed by atoms with Gasteiger partial charge >= 0.3 is 5.97 Å². The van der Waals surface area contributed by atoms with Crippen LogP contribution in [-0.4, -0.2) is 28.1 Å². The number of halogens is 1. The Labute approximate surface area is 116 Å². The first kappa shape index (κ1) is 15.3. The Hall–Kier alpha value is -1.75. The Bertz CT molecular complexity index is 508. The van der Waals surface area contributed by atoms with Crippen LogP contribution >= 0.6 is 11.6 Å². The van der Waals surface area contributed by atoms with Gasteiger partial charge in [-0.25, -0.2) is 4.79 Å². The number of carboxylic acids is 1. The maximum absolute atomic E-state index is 12.0. The topological polar surface area (TPSA) is 86.6 Å². The molecule has 0 aliphatic carbocycles. The number of carbonyl (C=O) groups is 2. The van der Waals surface area contributed by atoms with Gasteiger partial charge < -0.3 is 15.5 Å². The summed E-state index contributed by atoms with van der Waals surface area (Å²) >= 11 is 5.66. The largest absolute Gasteiger partial charge is 0.507 e. The van der Waals surface area contributed by atoms with Gasteiger partial charge in [-0.2, -0.15) is 0 Å². The summed E-state index contributed by atoms with van der Waals surface area (Å²) in [4.78, 5) is 23.1. The van der Waals surface area contributed by atoms with Crippen molar-refractivity contribution in [1.29, 1.82) is 0 Å². The van der Waals surface area contributed by atoms with Crippen molar-refractivity contribution in [1.82, 2.24) is 5.32 Å². The lowest BCUT2D eigenvalue weighted by molar-refractivity contribution is -0.142. The van der Waals surface area contributed by atoms with E-state index >= 15 is 0 Å². The van der Waals surface area contributed by atoms with Crippen molar-refractivity contribution in [3.05, 3.63) is 28.8 Å². The van der Waals surface area contributed by atoms with Crippen LogP contribution in [0.2, 0.25) is 5.02 Å². The number of carboxylic acid groups (broad SMARTS) is 1. The van der Waals surface area contributed by atoms with Crippen molar-refractivity contribution < 1.29 is 19.8 Å². The van der Waals surface area contributed by atoms with Gasteiger partial charge in [0.1, 0.15) is 11.8 Å². The minimum Gasteiger partial charge on any atom is -0.507 e. The number of hydrogen-bond donors (Lipinski definition) is 3. The fourth-order valence-corrected chi connectivity index (χ4v) is 1.72. The van der Waals surface area contributed by atoms with Crippen LogP contribution in [-0.2, 0) is 4.79 Å². The highest BCUT2D eigenvalue weighted by atomic mass is 35.5. The molecular formula is C13H16ClNO4. The quantitative estimate of drug-likeness (QED) is 0.795. The predicted octanol–water partition coefficient (Wildman–Crippen LogP) is 2.27. The third-order valence-corrected chi connectivity index (χ3v) is 2.83. The number of benzene rings is 1. The molecule has 0 saturated carbocycles. The second-order valence-electron chi connectivity index (χ2n) is 5.27. The minimum atomic E-state index is -1.13. The maximum atomic E-state index is 12.0. The van der Waals surface area contributed by atoms with E-state index < -0.39 is 23.3 Å². The van der Waals surface area contributed by atoms with Gasteiger partial charge in [0.2, 0.25) is 0 Å². The zero-order chi connectivity index (χ0) is 14.8. The molecule has 3 N–H and O–H groups in total. The van der Waals surface area contributed by atoms with E-state index in [1.807, 2.05) is 0 Å². The van der Waals surface area contributed by atoms with E-state index in [4.69, 9.17) is 16.7 Å². The van der Waals surface area contributed by atoms with Crippen LogP contribution in [0.4, 0.5) is 0 Å². The van der Waals surface area contributed by atoms with E-state index in [9.17, 15) is 14.7 Å². The summed E-state index contributed by atoms with van der Waals surface area (Å²) in [6, 6.07) is 2.95. The lowest BCUT2D eigenvalue weighted by atomic mass is 9.86. The van der Waals surface area contributed by atoms with Crippen LogP contribution in [0.15, 0.2) is 18.2 Å². The fraction of sp³-hybridized carbons (Fsp3) is 0.385. The van der Waals surface area contributed by atoms with Gasteiger partial charge in [-0.05, 0) is 23.6 Å². The number of rotatable bonds is 3. The number of nitrogens with one attached hydrogen (secondary N) is 1. The zero-order valence-electron chi connectivity index (χ0n) is 10.9. The molecule has 0 aliphatic heterocycles. The summed E-state index contributed by atoms with van der Waals surface area (Å²) in [5.74, 6) is -2.08. The average molecular weight is 286 g/mol. The molecule has 0 spiro atoms. The molecule has 0 aromatic heterocycles. The molecule has 0 saturated heterocycles. The SMILES string of the molecule is CC(C)(C)[C@H](NC(=O)c1ccc(Cl)cc1O)C(=O)O. The summed E-state index contributed by atoms with van der Waals surface area (Å²) in [5, 5.41) is 21.4. The Kier molecular flexibility index (Phi) is 4.42. The van der Waals surface area contributed by atoms with Crippen LogP contribution in [0.5, 0.6) is 5.75 Å². The first-order valence-electron chi connectivity index (χ1n) is 5.65. The molecule has 1 aromatic carbocycles. The van der Waals surface area contributed by atoms with Crippen molar-refractivity contribution in [3.8, 4) is 5.75 Å². The number of aliphatic carboxylic acids is 1. The Morgan fingerprint density at radius 2 is 1.89 bits per heavy atom. The number of aromatic hydroxyl groups is 1. The van der Waals surface area contributed by atoms with Gasteiger partial charge in [-0.1, -0.05) is 32.4 Å². The van der Waals surface area contributed by atoms with Gasteiger partial charge in [-0.3, -0.25) is 4.79 Å².